The number of thiocarbonyl (C=S) groups is 1. The molecule has 1 aliphatic heterocycles. The molecule has 0 atom stereocenters. The summed E-state index contributed by atoms with van der Waals surface area (Å²) in [6, 6.07) is 30.4. The summed E-state index contributed by atoms with van der Waals surface area (Å²) in [5, 5.41) is 0.116. The Balaban J connectivity index is 1.64. The fourth-order valence-electron chi connectivity index (χ4n) is 4.89. The molecule has 4 aromatic carbocycles. The number of carbonyl (C=O) groups is 2. The van der Waals surface area contributed by atoms with Crippen LogP contribution in [0.2, 0.25) is 0 Å². The number of para-hydroxylation sites is 2. The Kier molecular flexibility index (Phi) is 7.39. The average molecular weight is 533 g/mol. The first-order valence-corrected chi connectivity index (χ1v) is 13.1. The second kappa shape index (κ2) is 11.1. The number of anilines is 2. The van der Waals surface area contributed by atoms with Gasteiger partial charge < -0.3 is 4.74 Å². The number of carbonyl (C=O) groups excluding carboxylic acids is 2. The van der Waals surface area contributed by atoms with Crippen LogP contribution in [0.4, 0.5) is 11.4 Å². The van der Waals surface area contributed by atoms with Crippen LogP contribution in [0.25, 0.3) is 6.08 Å². The first kappa shape index (κ1) is 26.1. The number of ether oxygens (including phenoxy) is 1. The smallest absolute Gasteiger partial charge is 0.270 e. The number of benzene rings is 4. The largest absolute Gasteiger partial charge is 0.497 e. The molecule has 1 aliphatic rings. The summed E-state index contributed by atoms with van der Waals surface area (Å²) in [5.41, 5.74) is 6.42. The van der Waals surface area contributed by atoms with E-state index in [4.69, 9.17) is 17.0 Å². The molecule has 0 N–H and O–H groups in total. The second-order valence-corrected chi connectivity index (χ2v) is 9.90. The van der Waals surface area contributed by atoms with Crippen LogP contribution in [-0.2, 0) is 16.0 Å². The Bertz CT molecular complexity index is 1510. The highest BCUT2D eigenvalue weighted by Gasteiger charge is 2.41. The highest BCUT2D eigenvalue weighted by Crippen LogP contribution is 2.31. The maximum atomic E-state index is 13.9. The molecule has 5 nitrogen and oxygen atoms in total. The fraction of sp³-hybridized carbons (Fsp3) is 0.121. The monoisotopic (exact) mass is 532 g/mol. The van der Waals surface area contributed by atoms with E-state index < -0.39 is 11.8 Å². The Labute approximate surface area is 234 Å². The van der Waals surface area contributed by atoms with Crippen LogP contribution in [0.5, 0.6) is 5.75 Å². The minimum Gasteiger partial charge on any atom is -0.497 e. The number of aryl methyl sites for hydroxylation is 2. The van der Waals surface area contributed by atoms with Crippen molar-refractivity contribution in [2.24, 2.45) is 0 Å². The normalized spacial score (nSPS) is 13.6. The molecule has 0 aromatic heterocycles. The van der Waals surface area contributed by atoms with Crippen LogP contribution in [0.15, 0.2) is 103 Å². The summed E-state index contributed by atoms with van der Waals surface area (Å²) >= 11 is 5.72. The van der Waals surface area contributed by atoms with Crippen molar-refractivity contribution in [3.8, 4) is 5.75 Å². The van der Waals surface area contributed by atoms with Crippen LogP contribution in [0.1, 0.15) is 27.8 Å². The molecular weight excluding hydrogens is 504 g/mol. The molecule has 1 fully saturated rings. The molecule has 0 unspecified atom stereocenters. The maximum absolute atomic E-state index is 13.9. The van der Waals surface area contributed by atoms with Crippen molar-refractivity contribution in [1.29, 1.82) is 0 Å². The molecular formula is C33H28N2O3S. The molecule has 6 heteroatoms. The first-order valence-electron chi connectivity index (χ1n) is 12.6. The van der Waals surface area contributed by atoms with Crippen molar-refractivity contribution in [2.75, 3.05) is 16.9 Å². The van der Waals surface area contributed by atoms with E-state index in [0.29, 0.717) is 23.5 Å². The van der Waals surface area contributed by atoms with E-state index in [-0.39, 0.29) is 10.7 Å². The first-order chi connectivity index (χ1) is 18.9. The van der Waals surface area contributed by atoms with E-state index >= 15 is 0 Å². The maximum Gasteiger partial charge on any atom is 0.270 e. The minimum atomic E-state index is -0.462. The van der Waals surface area contributed by atoms with Gasteiger partial charge >= 0.3 is 0 Å². The molecule has 2 amide bonds. The van der Waals surface area contributed by atoms with Gasteiger partial charge in [0.25, 0.3) is 11.8 Å². The Morgan fingerprint density at radius 3 is 1.79 bits per heavy atom. The molecule has 39 heavy (non-hydrogen) atoms. The van der Waals surface area contributed by atoms with Crippen LogP contribution in [0.3, 0.4) is 0 Å². The highest BCUT2D eigenvalue weighted by atomic mass is 32.1. The van der Waals surface area contributed by atoms with Crippen molar-refractivity contribution in [3.63, 3.8) is 0 Å². The van der Waals surface area contributed by atoms with Gasteiger partial charge in [0.1, 0.15) is 11.3 Å². The average Bonchev–Trinajstić information content (AvgIpc) is 2.92. The molecule has 4 aromatic rings. The van der Waals surface area contributed by atoms with Crippen LogP contribution in [-0.4, -0.2) is 24.0 Å². The number of methoxy groups -OCH3 is 1. The van der Waals surface area contributed by atoms with Crippen molar-refractivity contribution < 1.29 is 14.3 Å². The van der Waals surface area contributed by atoms with Gasteiger partial charge in [-0.2, -0.15) is 0 Å². The lowest BCUT2D eigenvalue weighted by Gasteiger charge is -2.36. The number of hydrogen-bond acceptors (Lipinski definition) is 4. The number of nitrogens with zero attached hydrogens (tertiary/aromatic N) is 2. The van der Waals surface area contributed by atoms with E-state index in [0.717, 1.165) is 16.7 Å². The Morgan fingerprint density at radius 1 is 0.744 bits per heavy atom. The van der Waals surface area contributed by atoms with Crippen LogP contribution < -0.4 is 14.5 Å². The predicted molar refractivity (Wildman–Crippen MR) is 160 cm³/mol. The molecule has 1 heterocycles. The topological polar surface area (TPSA) is 49.9 Å². The number of hydrogen-bond donors (Lipinski definition) is 0. The lowest BCUT2D eigenvalue weighted by atomic mass is 9.95. The molecule has 0 saturated carbocycles. The van der Waals surface area contributed by atoms with Gasteiger partial charge in [0, 0.05) is 0 Å². The van der Waals surface area contributed by atoms with Gasteiger partial charge in [-0.25, -0.2) is 0 Å². The lowest BCUT2D eigenvalue weighted by Crippen LogP contribution is -2.56. The van der Waals surface area contributed by atoms with Gasteiger partial charge in [-0.15, -0.1) is 0 Å². The minimum absolute atomic E-state index is 0.0307. The van der Waals surface area contributed by atoms with Gasteiger partial charge in [0.2, 0.25) is 0 Å². The molecule has 0 bridgehead atoms. The van der Waals surface area contributed by atoms with Crippen molar-refractivity contribution in [1.82, 2.24) is 0 Å². The van der Waals surface area contributed by atoms with Crippen LogP contribution in [0, 0.1) is 13.8 Å². The fourth-order valence-corrected chi connectivity index (χ4v) is 5.27. The van der Waals surface area contributed by atoms with Gasteiger partial charge in [-0.05, 0) is 91.7 Å². The summed E-state index contributed by atoms with van der Waals surface area (Å²) in [6.45, 7) is 4.15. The standard InChI is InChI=1S/C33H28N2O3S/c1-22-16-23(2)18-24(17-22)19-26-20-29(38-3)15-14-25(26)21-30-31(36)34(27-10-6-4-7-11-27)33(39)35(32(30)37)28-12-8-5-9-13-28/h4-18,20-21H,19H2,1-3H3. The zero-order valence-corrected chi connectivity index (χ0v) is 22.9. The Hall–Kier alpha value is -4.55. The molecule has 0 spiro atoms. The third-order valence-corrected chi connectivity index (χ3v) is 6.97. The van der Waals surface area contributed by atoms with Crippen LogP contribution >= 0.6 is 12.2 Å². The Morgan fingerprint density at radius 2 is 1.28 bits per heavy atom. The van der Waals surface area contributed by atoms with Gasteiger partial charge in [-0.3, -0.25) is 19.4 Å². The van der Waals surface area contributed by atoms with Crippen molar-refractivity contribution >= 4 is 46.6 Å². The third-order valence-electron chi connectivity index (χ3n) is 6.60. The zero-order chi connectivity index (χ0) is 27.5. The third kappa shape index (κ3) is 5.38. The highest BCUT2D eigenvalue weighted by molar-refractivity contribution is 7.81. The van der Waals surface area contributed by atoms with E-state index in [1.807, 2.05) is 54.6 Å². The summed E-state index contributed by atoms with van der Waals surface area (Å²) in [4.78, 5) is 30.7. The SMILES string of the molecule is COc1ccc(C=C2C(=O)N(c3ccccc3)C(=S)N(c3ccccc3)C2=O)c(Cc2cc(C)cc(C)c2)c1. The van der Waals surface area contributed by atoms with E-state index in [2.05, 4.69) is 32.0 Å². The molecule has 194 valence electrons. The summed E-state index contributed by atoms with van der Waals surface area (Å²) < 4.78 is 5.50. The molecule has 1 saturated heterocycles. The quantitative estimate of drug-likeness (QED) is 0.158. The van der Waals surface area contributed by atoms with Crippen molar-refractivity contribution in [3.05, 3.63) is 130 Å². The summed E-state index contributed by atoms with van der Waals surface area (Å²) in [6.07, 6.45) is 2.29. The van der Waals surface area contributed by atoms with E-state index in [1.54, 1.807) is 37.5 Å². The van der Waals surface area contributed by atoms with Crippen molar-refractivity contribution in [2.45, 2.75) is 20.3 Å². The summed E-state index contributed by atoms with van der Waals surface area (Å²) in [5.74, 6) is -0.219. The zero-order valence-electron chi connectivity index (χ0n) is 22.0. The van der Waals surface area contributed by atoms with E-state index in [1.165, 1.54) is 20.9 Å². The number of rotatable bonds is 6. The number of amides is 2. The molecule has 0 radical (unpaired) electrons. The molecule has 5 rings (SSSR count). The summed E-state index contributed by atoms with van der Waals surface area (Å²) in [7, 11) is 1.62. The van der Waals surface area contributed by atoms with Gasteiger partial charge in [-0.1, -0.05) is 71.8 Å². The van der Waals surface area contributed by atoms with Gasteiger partial charge in [0.05, 0.1) is 18.5 Å². The predicted octanol–water partition coefficient (Wildman–Crippen LogP) is 6.65. The van der Waals surface area contributed by atoms with E-state index in [9.17, 15) is 9.59 Å². The molecule has 0 aliphatic carbocycles. The second-order valence-electron chi connectivity index (χ2n) is 9.53. The van der Waals surface area contributed by atoms with Gasteiger partial charge in [0.15, 0.2) is 5.11 Å². The lowest BCUT2D eigenvalue weighted by molar-refractivity contribution is -0.120.